The summed E-state index contributed by atoms with van der Waals surface area (Å²) < 4.78 is 23.7. The molecule has 1 N–H and O–H groups in total. The van der Waals surface area contributed by atoms with Crippen molar-refractivity contribution in [3.63, 3.8) is 0 Å². The van der Waals surface area contributed by atoms with Gasteiger partial charge in [0.1, 0.15) is 0 Å². The minimum Gasteiger partial charge on any atom is -0.200 e. The van der Waals surface area contributed by atoms with Crippen molar-refractivity contribution in [3.8, 4) is 0 Å². The summed E-state index contributed by atoms with van der Waals surface area (Å²) in [6.45, 7) is 0. The Morgan fingerprint density at radius 1 is 1.18 bits per heavy atom. The molecule has 0 saturated heterocycles. The van der Waals surface area contributed by atoms with Crippen molar-refractivity contribution < 1.29 is 8.42 Å². The largest absolute Gasteiger partial charge is 0.276 e. The zero-order chi connectivity index (χ0) is 12.1. The Balaban J connectivity index is 2.13. The number of benzene rings is 1. The fourth-order valence-electron chi connectivity index (χ4n) is 1.57. The van der Waals surface area contributed by atoms with Crippen LogP contribution >= 0.6 is 0 Å². The van der Waals surface area contributed by atoms with Crippen LogP contribution in [0.4, 0.5) is 0 Å². The first kappa shape index (κ1) is 11.9. The smallest absolute Gasteiger partial charge is 0.200 e. The molecule has 0 amide bonds. The SMILES string of the molecule is O=S(=O)(N/N=C1/C=CCCC1)c1ccccc1. The van der Waals surface area contributed by atoms with Crippen molar-refractivity contribution in [1.29, 1.82) is 0 Å². The van der Waals surface area contributed by atoms with Gasteiger partial charge in [0.25, 0.3) is 10.0 Å². The number of hydrogen-bond acceptors (Lipinski definition) is 3. The summed E-state index contributed by atoms with van der Waals surface area (Å²) in [6, 6.07) is 8.22. The monoisotopic (exact) mass is 250 g/mol. The van der Waals surface area contributed by atoms with Crippen LogP contribution in [-0.4, -0.2) is 14.1 Å². The van der Waals surface area contributed by atoms with Crippen LogP contribution in [0.15, 0.2) is 52.5 Å². The molecule has 0 aliphatic heterocycles. The Bertz CT molecular complexity index is 533. The topological polar surface area (TPSA) is 58.5 Å². The zero-order valence-corrected chi connectivity index (χ0v) is 10.2. The Hall–Kier alpha value is -1.62. The van der Waals surface area contributed by atoms with Gasteiger partial charge < -0.3 is 0 Å². The quantitative estimate of drug-likeness (QED) is 0.835. The van der Waals surface area contributed by atoms with E-state index in [0.717, 1.165) is 25.0 Å². The van der Waals surface area contributed by atoms with Crippen molar-refractivity contribution in [3.05, 3.63) is 42.5 Å². The molecule has 0 heterocycles. The average Bonchev–Trinajstić information content (AvgIpc) is 2.39. The molecule has 1 aromatic rings. The van der Waals surface area contributed by atoms with Crippen molar-refractivity contribution in [1.82, 2.24) is 4.83 Å². The van der Waals surface area contributed by atoms with Gasteiger partial charge in [-0.3, -0.25) is 0 Å². The number of nitrogens with one attached hydrogen (secondary N) is 1. The maximum atomic E-state index is 11.8. The van der Waals surface area contributed by atoms with Crippen molar-refractivity contribution in [2.45, 2.75) is 24.2 Å². The summed E-state index contributed by atoms with van der Waals surface area (Å²) in [5.41, 5.74) is 0.774. The van der Waals surface area contributed by atoms with Crippen LogP contribution in [0.2, 0.25) is 0 Å². The predicted octanol–water partition coefficient (Wildman–Crippen LogP) is 2.06. The molecule has 0 spiro atoms. The van der Waals surface area contributed by atoms with Gasteiger partial charge in [0.05, 0.1) is 10.6 Å². The van der Waals surface area contributed by atoms with E-state index < -0.39 is 10.0 Å². The second-order valence-electron chi connectivity index (χ2n) is 3.81. The lowest BCUT2D eigenvalue weighted by Crippen LogP contribution is -2.20. The van der Waals surface area contributed by atoms with Gasteiger partial charge in [-0.2, -0.15) is 18.4 Å². The molecule has 0 fully saturated rings. The minimum atomic E-state index is -3.53. The van der Waals surface area contributed by atoms with Gasteiger partial charge in [0.15, 0.2) is 0 Å². The lowest BCUT2D eigenvalue weighted by molar-refractivity contribution is 0.584. The van der Waals surface area contributed by atoms with Crippen LogP contribution in [0, 0.1) is 0 Å². The highest BCUT2D eigenvalue weighted by Crippen LogP contribution is 2.09. The Labute approximate surface area is 101 Å². The predicted molar refractivity (Wildman–Crippen MR) is 67.2 cm³/mol. The molecule has 90 valence electrons. The third-order valence-corrected chi connectivity index (χ3v) is 3.70. The van der Waals surface area contributed by atoms with Crippen LogP contribution in [0.3, 0.4) is 0 Å². The molecule has 0 aromatic heterocycles. The molecule has 0 radical (unpaired) electrons. The van der Waals surface area contributed by atoms with E-state index in [4.69, 9.17) is 0 Å². The van der Waals surface area contributed by atoms with E-state index in [0.29, 0.717) is 0 Å². The zero-order valence-electron chi connectivity index (χ0n) is 9.33. The van der Waals surface area contributed by atoms with E-state index in [1.807, 2.05) is 12.2 Å². The van der Waals surface area contributed by atoms with E-state index in [2.05, 4.69) is 9.93 Å². The van der Waals surface area contributed by atoms with Gasteiger partial charge in [0, 0.05) is 0 Å². The van der Waals surface area contributed by atoms with Crippen LogP contribution in [-0.2, 0) is 10.0 Å². The van der Waals surface area contributed by atoms with Crippen molar-refractivity contribution in [2.75, 3.05) is 0 Å². The molecule has 1 aromatic carbocycles. The molecule has 0 unspecified atom stereocenters. The van der Waals surface area contributed by atoms with E-state index in [1.54, 1.807) is 30.3 Å². The first-order valence-electron chi connectivity index (χ1n) is 5.48. The first-order valence-corrected chi connectivity index (χ1v) is 6.97. The highest BCUT2D eigenvalue weighted by atomic mass is 32.2. The van der Waals surface area contributed by atoms with Gasteiger partial charge >= 0.3 is 0 Å². The molecule has 0 atom stereocenters. The van der Waals surface area contributed by atoms with Gasteiger partial charge in [-0.15, -0.1) is 0 Å². The standard InChI is InChI=1S/C12H14N2O2S/c15-17(16,12-9-5-2-6-10-12)14-13-11-7-3-1-4-8-11/h2-3,5-7,9-10,14H,1,4,8H2/b13-11-. The van der Waals surface area contributed by atoms with Crippen LogP contribution in [0.5, 0.6) is 0 Å². The highest BCUT2D eigenvalue weighted by molar-refractivity contribution is 7.89. The second-order valence-corrected chi connectivity index (χ2v) is 5.47. The minimum absolute atomic E-state index is 0.226. The maximum Gasteiger partial charge on any atom is 0.276 e. The number of sulfonamides is 1. The van der Waals surface area contributed by atoms with Gasteiger partial charge in [-0.1, -0.05) is 24.3 Å². The summed E-state index contributed by atoms with van der Waals surface area (Å²) in [7, 11) is -3.53. The maximum absolute atomic E-state index is 11.8. The van der Waals surface area contributed by atoms with Gasteiger partial charge in [-0.05, 0) is 37.5 Å². The van der Waals surface area contributed by atoms with Crippen LogP contribution < -0.4 is 4.83 Å². The molecule has 0 saturated carbocycles. The summed E-state index contributed by atoms with van der Waals surface area (Å²) in [4.78, 5) is 2.48. The van der Waals surface area contributed by atoms with E-state index in [-0.39, 0.29) is 4.90 Å². The Morgan fingerprint density at radius 3 is 2.59 bits per heavy atom. The summed E-state index contributed by atoms with van der Waals surface area (Å²) >= 11 is 0. The Kier molecular flexibility index (Phi) is 3.58. The fourth-order valence-corrected chi connectivity index (χ4v) is 2.43. The lowest BCUT2D eigenvalue weighted by Gasteiger charge is -2.07. The van der Waals surface area contributed by atoms with Gasteiger partial charge in [-0.25, -0.2) is 0 Å². The van der Waals surface area contributed by atoms with E-state index in [1.165, 1.54) is 0 Å². The summed E-state index contributed by atoms with van der Waals surface area (Å²) in [5.74, 6) is 0. The number of hydrazone groups is 1. The Morgan fingerprint density at radius 2 is 1.94 bits per heavy atom. The molecule has 17 heavy (non-hydrogen) atoms. The van der Waals surface area contributed by atoms with Gasteiger partial charge in [0.2, 0.25) is 0 Å². The fraction of sp³-hybridized carbons (Fsp3) is 0.250. The summed E-state index contributed by atoms with van der Waals surface area (Å²) in [6.07, 6.45) is 6.72. The number of rotatable bonds is 3. The van der Waals surface area contributed by atoms with Crippen LogP contribution in [0.25, 0.3) is 0 Å². The second kappa shape index (κ2) is 5.14. The summed E-state index contributed by atoms with van der Waals surface area (Å²) in [5, 5.41) is 3.92. The molecular weight excluding hydrogens is 236 g/mol. The molecule has 1 aliphatic carbocycles. The van der Waals surface area contributed by atoms with Crippen molar-refractivity contribution >= 4 is 15.7 Å². The third kappa shape index (κ3) is 3.17. The highest BCUT2D eigenvalue weighted by Gasteiger charge is 2.12. The molecule has 5 heteroatoms. The number of nitrogens with zero attached hydrogens (tertiary/aromatic N) is 1. The number of hydrogen-bond donors (Lipinski definition) is 1. The normalized spacial score (nSPS) is 18.2. The van der Waals surface area contributed by atoms with Crippen LogP contribution in [0.1, 0.15) is 19.3 Å². The molecule has 1 aliphatic rings. The lowest BCUT2D eigenvalue weighted by atomic mass is 10.1. The first-order chi connectivity index (χ1) is 8.18. The third-order valence-electron chi connectivity index (χ3n) is 2.48. The van der Waals surface area contributed by atoms with E-state index in [9.17, 15) is 8.42 Å². The number of allylic oxidation sites excluding steroid dienone is 2. The average molecular weight is 250 g/mol. The molecule has 0 bridgehead atoms. The molecular formula is C12H14N2O2S. The van der Waals surface area contributed by atoms with Crippen molar-refractivity contribution in [2.24, 2.45) is 5.10 Å². The molecule has 4 nitrogen and oxygen atoms in total. The van der Waals surface area contributed by atoms with E-state index >= 15 is 0 Å². The molecule has 2 rings (SSSR count).